The molecule has 4 rings (SSSR count). The average molecular weight is 358 g/mol. The Bertz CT molecular complexity index is 1050. The van der Waals surface area contributed by atoms with Crippen LogP contribution in [0.15, 0.2) is 66.5 Å². The van der Waals surface area contributed by atoms with Crippen molar-refractivity contribution in [3.05, 3.63) is 83.4 Å². The lowest BCUT2D eigenvalue weighted by molar-refractivity contribution is -0.113. The molecule has 0 bridgehead atoms. The van der Waals surface area contributed by atoms with Crippen LogP contribution >= 0.6 is 0 Å². The molecule has 1 fully saturated rings. The van der Waals surface area contributed by atoms with Gasteiger partial charge in [-0.1, -0.05) is 24.3 Å². The summed E-state index contributed by atoms with van der Waals surface area (Å²) in [5.74, 6) is 0.443. The minimum absolute atomic E-state index is 0.255. The molecule has 0 spiro atoms. The van der Waals surface area contributed by atoms with Crippen LogP contribution in [0.25, 0.3) is 11.9 Å². The molecule has 3 aromatic rings. The summed E-state index contributed by atoms with van der Waals surface area (Å²) in [5.41, 5.74) is 3.60. The number of anilines is 1. The standard InChI is InChI=1S/C21H18N4O2/c1-14-12-16(15(2)24(14)19-10-6-7-11-22-19)13-18-20(26)25(21(27)23-18)17-8-4-3-5-9-17/h3-13H,1-2H3,(H,23,27)/b18-13-. The lowest BCUT2D eigenvalue weighted by Crippen LogP contribution is -2.30. The molecule has 134 valence electrons. The molecule has 1 aliphatic heterocycles. The largest absolute Gasteiger partial charge is 0.333 e. The van der Waals surface area contributed by atoms with Gasteiger partial charge in [0.05, 0.1) is 5.69 Å². The molecule has 1 aliphatic rings. The van der Waals surface area contributed by atoms with Gasteiger partial charge >= 0.3 is 6.03 Å². The predicted molar refractivity (Wildman–Crippen MR) is 103 cm³/mol. The molecule has 0 atom stereocenters. The van der Waals surface area contributed by atoms with Gasteiger partial charge in [0.15, 0.2) is 0 Å². The Balaban J connectivity index is 1.71. The van der Waals surface area contributed by atoms with Crippen molar-refractivity contribution in [2.24, 2.45) is 0 Å². The summed E-state index contributed by atoms with van der Waals surface area (Å²) in [4.78, 5) is 30.6. The molecule has 0 radical (unpaired) electrons. The number of amides is 3. The summed E-state index contributed by atoms with van der Waals surface area (Å²) in [7, 11) is 0. The number of pyridine rings is 1. The summed E-state index contributed by atoms with van der Waals surface area (Å²) in [5, 5.41) is 2.67. The molecule has 2 aromatic heterocycles. The van der Waals surface area contributed by atoms with Crippen molar-refractivity contribution in [2.45, 2.75) is 13.8 Å². The van der Waals surface area contributed by atoms with Crippen LogP contribution in [0.2, 0.25) is 0 Å². The van der Waals surface area contributed by atoms with Crippen LogP contribution in [0.5, 0.6) is 0 Å². The average Bonchev–Trinajstić information content (AvgIpc) is 3.11. The summed E-state index contributed by atoms with van der Waals surface area (Å²) in [6.07, 6.45) is 3.45. The Morgan fingerprint density at radius 3 is 2.44 bits per heavy atom. The summed E-state index contributed by atoms with van der Waals surface area (Å²) in [6, 6.07) is 16.1. The SMILES string of the molecule is Cc1cc(/C=C2\NC(=O)N(c3ccccc3)C2=O)c(C)n1-c1ccccn1. The van der Waals surface area contributed by atoms with E-state index in [-0.39, 0.29) is 11.6 Å². The normalized spacial score (nSPS) is 15.5. The molecule has 1 saturated heterocycles. The van der Waals surface area contributed by atoms with E-state index in [0.717, 1.165) is 27.7 Å². The first kappa shape index (κ1) is 16.8. The van der Waals surface area contributed by atoms with Crippen molar-refractivity contribution in [3.8, 4) is 5.82 Å². The van der Waals surface area contributed by atoms with Gasteiger partial charge in [0.25, 0.3) is 5.91 Å². The maximum atomic E-state index is 12.7. The zero-order valence-electron chi connectivity index (χ0n) is 15.0. The predicted octanol–water partition coefficient (Wildman–Crippen LogP) is 3.59. The number of carbonyl (C=O) groups is 2. The van der Waals surface area contributed by atoms with Crippen LogP contribution in [0.1, 0.15) is 17.0 Å². The van der Waals surface area contributed by atoms with Crippen molar-refractivity contribution in [1.82, 2.24) is 14.9 Å². The van der Waals surface area contributed by atoms with Crippen molar-refractivity contribution in [1.29, 1.82) is 0 Å². The summed E-state index contributed by atoms with van der Waals surface area (Å²) < 4.78 is 2.02. The number of aryl methyl sites for hydroxylation is 1. The molecule has 1 N–H and O–H groups in total. The summed E-state index contributed by atoms with van der Waals surface area (Å²) in [6.45, 7) is 3.94. The van der Waals surface area contributed by atoms with E-state index in [2.05, 4.69) is 10.3 Å². The highest BCUT2D eigenvalue weighted by Crippen LogP contribution is 2.25. The zero-order valence-corrected chi connectivity index (χ0v) is 15.0. The molecule has 6 heteroatoms. The number of imide groups is 1. The Kier molecular flexibility index (Phi) is 4.08. The molecule has 6 nitrogen and oxygen atoms in total. The molecule has 1 aromatic carbocycles. The number of urea groups is 1. The molecule has 0 saturated carbocycles. The lowest BCUT2D eigenvalue weighted by Gasteiger charge is -2.10. The molecule has 3 amide bonds. The highest BCUT2D eigenvalue weighted by atomic mass is 16.2. The smallest absolute Gasteiger partial charge is 0.303 e. The summed E-state index contributed by atoms with van der Waals surface area (Å²) >= 11 is 0. The molecular weight excluding hydrogens is 340 g/mol. The van der Waals surface area contributed by atoms with Gasteiger partial charge in [-0.15, -0.1) is 0 Å². The van der Waals surface area contributed by atoms with Gasteiger partial charge in [-0.25, -0.2) is 14.7 Å². The number of aromatic nitrogens is 2. The van der Waals surface area contributed by atoms with Crippen LogP contribution in [0.3, 0.4) is 0 Å². The van der Waals surface area contributed by atoms with E-state index in [0.29, 0.717) is 5.69 Å². The molecule has 0 unspecified atom stereocenters. The first-order chi connectivity index (χ1) is 13.1. The van der Waals surface area contributed by atoms with Crippen LogP contribution in [-0.4, -0.2) is 21.5 Å². The van der Waals surface area contributed by atoms with Crippen LogP contribution < -0.4 is 10.2 Å². The Hall–Kier alpha value is -3.67. The van der Waals surface area contributed by atoms with E-state index in [1.807, 2.05) is 48.7 Å². The Labute approximate surface area is 156 Å². The fourth-order valence-electron chi connectivity index (χ4n) is 3.27. The van der Waals surface area contributed by atoms with E-state index in [4.69, 9.17) is 0 Å². The van der Waals surface area contributed by atoms with Crippen LogP contribution in [0.4, 0.5) is 10.5 Å². The topological polar surface area (TPSA) is 67.2 Å². The number of carbonyl (C=O) groups excluding carboxylic acids is 2. The Morgan fingerprint density at radius 1 is 1.00 bits per heavy atom. The first-order valence-electron chi connectivity index (χ1n) is 8.59. The molecular formula is C21H18N4O2. The minimum Gasteiger partial charge on any atom is -0.303 e. The van der Waals surface area contributed by atoms with Crippen molar-refractivity contribution in [2.75, 3.05) is 4.90 Å². The maximum Gasteiger partial charge on any atom is 0.333 e. The number of rotatable bonds is 3. The Morgan fingerprint density at radius 2 is 1.74 bits per heavy atom. The third-order valence-electron chi connectivity index (χ3n) is 4.54. The highest BCUT2D eigenvalue weighted by Gasteiger charge is 2.34. The third kappa shape index (κ3) is 2.91. The zero-order chi connectivity index (χ0) is 19.0. The molecule has 27 heavy (non-hydrogen) atoms. The highest BCUT2D eigenvalue weighted by molar-refractivity contribution is 6.28. The van der Waals surface area contributed by atoms with E-state index in [1.165, 1.54) is 0 Å². The van der Waals surface area contributed by atoms with Crippen molar-refractivity contribution < 1.29 is 9.59 Å². The van der Waals surface area contributed by atoms with Gasteiger partial charge in [-0.2, -0.15) is 0 Å². The maximum absolute atomic E-state index is 12.7. The van der Waals surface area contributed by atoms with Gasteiger partial charge < -0.3 is 9.88 Å². The molecule has 3 heterocycles. The second kappa shape index (κ2) is 6.57. The number of hydrogen-bond acceptors (Lipinski definition) is 3. The number of nitrogens with zero attached hydrogens (tertiary/aromatic N) is 3. The van der Waals surface area contributed by atoms with E-state index >= 15 is 0 Å². The van der Waals surface area contributed by atoms with Gasteiger partial charge in [-0.05, 0) is 55.8 Å². The van der Waals surface area contributed by atoms with Crippen molar-refractivity contribution >= 4 is 23.7 Å². The quantitative estimate of drug-likeness (QED) is 0.575. The monoisotopic (exact) mass is 358 g/mol. The van der Waals surface area contributed by atoms with E-state index < -0.39 is 6.03 Å². The minimum atomic E-state index is -0.448. The van der Waals surface area contributed by atoms with Crippen LogP contribution in [0, 0.1) is 13.8 Å². The van der Waals surface area contributed by atoms with Gasteiger partial charge in [0, 0.05) is 17.6 Å². The van der Waals surface area contributed by atoms with E-state index in [1.54, 1.807) is 36.5 Å². The van der Waals surface area contributed by atoms with Gasteiger partial charge in [0.2, 0.25) is 0 Å². The lowest BCUT2D eigenvalue weighted by atomic mass is 10.2. The van der Waals surface area contributed by atoms with E-state index in [9.17, 15) is 9.59 Å². The fraction of sp³-hybridized carbons (Fsp3) is 0.0952. The second-order valence-electron chi connectivity index (χ2n) is 6.31. The first-order valence-corrected chi connectivity index (χ1v) is 8.59. The number of nitrogens with one attached hydrogen (secondary N) is 1. The number of para-hydroxylation sites is 1. The number of benzene rings is 1. The van der Waals surface area contributed by atoms with Crippen LogP contribution in [-0.2, 0) is 4.79 Å². The molecule has 0 aliphatic carbocycles. The van der Waals surface area contributed by atoms with Gasteiger partial charge in [-0.3, -0.25) is 4.79 Å². The van der Waals surface area contributed by atoms with Crippen molar-refractivity contribution in [3.63, 3.8) is 0 Å². The van der Waals surface area contributed by atoms with Gasteiger partial charge in [0.1, 0.15) is 11.5 Å². The number of hydrogen-bond donors (Lipinski definition) is 1. The fourth-order valence-corrected chi connectivity index (χ4v) is 3.27. The third-order valence-corrected chi connectivity index (χ3v) is 4.54. The second-order valence-corrected chi connectivity index (χ2v) is 6.31.